The second kappa shape index (κ2) is 10.6. The van der Waals surface area contributed by atoms with Gasteiger partial charge in [-0.3, -0.25) is 14.5 Å². The monoisotopic (exact) mass is 595 g/mol. The molecular weight excluding hydrogens is 577 g/mol. The fourth-order valence-electron chi connectivity index (χ4n) is 3.97. The maximum absolute atomic E-state index is 13.3. The number of aliphatic hydroxyl groups excluding tert-OH is 1. The summed E-state index contributed by atoms with van der Waals surface area (Å²) in [6.07, 6.45) is 0. The van der Waals surface area contributed by atoms with Gasteiger partial charge in [0.25, 0.3) is 5.78 Å². The maximum Gasteiger partial charge on any atom is 0.301 e. The van der Waals surface area contributed by atoms with E-state index in [1.54, 1.807) is 42.5 Å². The molecule has 5 rings (SSSR count). The summed E-state index contributed by atoms with van der Waals surface area (Å²) in [7, 11) is 0. The Bertz CT molecular complexity index is 1520. The Kier molecular flexibility index (Phi) is 7.23. The van der Waals surface area contributed by atoms with Crippen LogP contribution in [0.25, 0.3) is 5.76 Å². The van der Waals surface area contributed by atoms with Crippen molar-refractivity contribution in [3.8, 4) is 0 Å². The first-order valence-electron chi connectivity index (χ1n) is 11.2. The van der Waals surface area contributed by atoms with Crippen LogP contribution in [-0.2, 0) is 15.3 Å². The number of aliphatic hydroxyl groups is 1. The highest BCUT2D eigenvalue weighted by Crippen LogP contribution is 2.44. The standard InChI is InChI=1S/C27H19BrFN3O3S2/c1-15-5-9-17(10-6-15)23(33)21-22(18-3-2-4-19(28)13-18)32(25(35)24(21)34)26-30-31-27(37-26)36-14-16-7-11-20(29)12-8-16/h2-13,22,33H,14H2,1H3/b23-21-. The van der Waals surface area contributed by atoms with Crippen LogP contribution in [0.5, 0.6) is 0 Å². The number of anilines is 1. The summed E-state index contributed by atoms with van der Waals surface area (Å²) in [6, 6.07) is 19.6. The highest BCUT2D eigenvalue weighted by atomic mass is 79.9. The molecule has 1 amide bonds. The molecule has 1 fully saturated rings. The number of thioether (sulfide) groups is 1. The van der Waals surface area contributed by atoms with Gasteiger partial charge in [0.15, 0.2) is 4.34 Å². The minimum absolute atomic E-state index is 0.0114. The lowest BCUT2D eigenvalue weighted by molar-refractivity contribution is -0.132. The smallest absolute Gasteiger partial charge is 0.301 e. The number of ketones is 1. The van der Waals surface area contributed by atoms with Crippen LogP contribution in [0, 0.1) is 12.7 Å². The first kappa shape index (κ1) is 25.3. The number of halogens is 2. The summed E-state index contributed by atoms with van der Waals surface area (Å²) in [6.45, 7) is 1.92. The second-order valence-corrected chi connectivity index (χ2v) is 11.4. The first-order valence-corrected chi connectivity index (χ1v) is 13.8. The zero-order valence-corrected chi connectivity index (χ0v) is 22.6. The third-order valence-corrected chi connectivity index (χ3v) is 8.43. The molecule has 37 heavy (non-hydrogen) atoms. The van der Waals surface area contributed by atoms with Crippen LogP contribution < -0.4 is 4.90 Å². The van der Waals surface area contributed by atoms with E-state index in [0.29, 0.717) is 21.2 Å². The predicted molar refractivity (Wildman–Crippen MR) is 146 cm³/mol. The Morgan fingerprint density at radius 2 is 1.81 bits per heavy atom. The van der Waals surface area contributed by atoms with Gasteiger partial charge in [-0.15, -0.1) is 10.2 Å². The van der Waals surface area contributed by atoms with Gasteiger partial charge in [0.2, 0.25) is 5.13 Å². The molecule has 6 nitrogen and oxygen atoms in total. The quantitative estimate of drug-likeness (QED) is 0.0881. The van der Waals surface area contributed by atoms with E-state index in [2.05, 4.69) is 26.1 Å². The van der Waals surface area contributed by atoms with Crippen LogP contribution >= 0.6 is 39.0 Å². The molecule has 1 saturated heterocycles. The summed E-state index contributed by atoms with van der Waals surface area (Å²) in [5.74, 6) is -1.60. The molecule has 0 saturated carbocycles. The second-order valence-electron chi connectivity index (χ2n) is 8.36. The Morgan fingerprint density at radius 3 is 2.51 bits per heavy atom. The topological polar surface area (TPSA) is 83.4 Å². The summed E-state index contributed by atoms with van der Waals surface area (Å²) in [4.78, 5) is 27.9. The number of hydrogen-bond donors (Lipinski definition) is 1. The van der Waals surface area contributed by atoms with Gasteiger partial charge >= 0.3 is 5.91 Å². The van der Waals surface area contributed by atoms with E-state index in [-0.39, 0.29) is 22.3 Å². The summed E-state index contributed by atoms with van der Waals surface area (Å²) < 4.78 is 14.5. The van der Waals surface area contributed by atoms with Crippen molar-refractivity contribution in [1.82, 2.24) is 10.2 Å². The highest BCUT2D eigenvalue weighted by Gasteiger charge is 2.48. The molecule has 1 unspecified atom stereocenters. The number of hydrogen-bond acceptors (Lipinski definition) is 7. The molecule has 1 aliphatic heterocycles. The van der Waals surface area contributed by atoms with Gasteiger partial charge in [0, 0.05) is 15.8 Å². The number of nitrogens with zero attached hydrogens (tertiary/aromatic N) is 3. The Balaban J connectivity index is 1.53. The van der Waals surface area contributed by atoms with Crippen molar-refractivity contribution in [2.45, 2.75) is 23.1 Å². The maximum atomic E-state index is 13.3. The van der Waals surface area contributed by atoms with Gasteiger partial charge in [-0.05, 0) is 42.3 Å². The zero-order valence-electron chi connectivity index (χ0n) is 19.4. The lowest BCUT2D eigenvalue weighted by Crippen LogP contribution is -2.29. The predicted octanol–water partition coefficient (Wildman–Crippen LogP) is 6.67. The highest BCUT2D eigenvalue weighted by molar-refractivity contribution is 9.10. The summed E-state index contributed by atoms with van der Waals surface area (Å²) >= 11 is 6.03. The number of amides is 1. The molecule has 1 atom stereocenters. The molecule has 10 heteroatoms. The average Bonchev–Trinajstić information content (AvgIpc) is 3.46. The van der Waals surface area contributed by atoms with Crippen LogP contribution in [0.15, 0.2) is 87.2 Å². The van der Waals surface area contributed by atoms with Gasteiger partial charge in [-0.1, -0.05) is 93.1 Å². The minimum atomic E-state index is -0.887. The molecular formula is C27H19BrFN3O3S2. The third-order valence-electron chi connectivity index (χ3n) is 5.81. The fraction of sp³-hybridized carbons (Fsp3) is 0.111. The van der Waals surface area contributed by atoms with Gasteiger partial charge in [0.05, 0.1) is 11.6 Å². The van der Waals surface area contributed by atoms with Crippen molar-refractivity contribution in [3.05, 3.63) is 111 Å². The number of aryl methyl sites for hydroxylation is 1. The van der Waals surface area contributed by atoms with Gasteiger partial charge in [0.1, 0.15) is 11.6 Å². The van der Waals surface area contributed by atoms with Gasteiger partial charge in [-0.25, -0.2) is 4.39 Å². The number of benzene rings is 3. The van der Waals surface area contributed by atoms with E-state index < -0.39 is 17.7 Å². The minimum Gasteiger partial charge on any atom is -0.507 e. The van der Waals surface area contributed by atoms with E-state index >= 15 is 0 Å². The number of rotatable bonds is 6. The van der Waals surface area contributed by atoms with Crippen LogP contribution in [0.1, 0.15) is 28.3 Å². The van der Waals surface area contributed by atoms with E-state index in [9.17, 15) is 19.1 Å². The van der Waals surface area contributed by atoms with Crippen LogP contribution in [0.4, 0.5) is 9.52 Å². The number of carbonyl (C=O) groups is 2. The number of carbonyl (C=O) groups excluding carboxylic acids is 2. The lowest BCUT2D eigenvalue weighted by atomic mass is 9.95. The van der Waals surface area contributed by atoms with E-state index in [1.165, 1.54) is 40.1 Å². The SMILES string of the molecule is Cc1ccc(/C(O)=C2/C(=O)C(=O)N(c3nnc(SCc4ccc(F)cc4)s3)C2c2cccc(Br)c2)cc1. The van der Waals surface area contributed by atoms with E-state index in [1.807, 2.05) is 25.1 Å². The molecule has 0 aliphatic carbocycles. The molecule has 1 aromatic heterocycles. The first-order chi connectivity index (χ1) is 17.8. The molecule has 4 aromatic rings. The molecule has 0 bridgehead atoms. The van der Waals surface area contributed by atoms with Crippen molar-refractivity contribution in [3.63, 3.8) is 0 Å². The molecule has 186 valence electrons. The Hall–Kier alpha value is -3.34. The number of aromatic nitrogens is 2. The van der Waals surface area contributed by atoms with Crippen molar-refractivity contribution in [1.29, 1.82) is 0 Å². The zero-order chi connectivity index (χ0) is 26.1. The van der Waals surface area contributed by atoms with Crippen molar-refractivity contribution >= 4 is 61.6 Å². The van der Waals surface area contributed by atoms with Crippen molar-refractivity contribution in [2.24, 2.45) is 0 Å². The number of Topliss-reactive ketones (excluding diaryl/α,β-unsaturated/α-hetero) is 1. The summed E-state index contributed by atoms with van der Waals surface area (Å²) in [5.41, 5.74) is 2.98. The molecule has 2 heterocycles. The average molecular weight is 597 g/mol. The Labute approximate surface area is 229 Å². The largest absolute Gasteiger partial charge is 0.507 e. The van der Waals surface area contributed by atoms with E-state index in [4.69, 9.17) is 0 Å². The summed E-state index contributed by atoms with van der Waals surface area (Å²) in [5, 5.41) is 19.9. The van der Waals surface area contributed by atoms with Crippen molar-refractivity contribution < 1.29 is 19.1 Å². The fourth-order valence-corrected chi connectivity index (χ4v) is 6.21. The molecule has 1 aliphatic rings. The third kappa shape index (κ3) is 5.22. The van der Waals surface area contributed by atoms with Crippen LogP contribution in [0.3, 0.4) is 0 Å². The lowest BCUT2D eigenvalue weighted by Gasteiger charge is -2.22. The van der Waals surface area contributed by atoms with Gasteiger partial charge in [-0.2, -0.15) is 0 Å². The molecule has 3 aromatic carbocycles. The molecule has 1 N–H and O–H groups in total. The van der Waals surface area contributed by atoms with E-state index in [0.717, 1.165) is 15.6 Å². The normalized spacial score (nSPS) is 16.9. The molecule has 0 spiro atoms. The van der Waals surface area contributed by atoms with Crippen LogP contribution in [-0.4, -0.2) is 27.0 Å². The van der Waals surface area contributed by atoms with Gasteiger partial charge < -0.3 is 5.11 Å². The molecule has 0 radical (unpaired) electrons. The Morgan fingerprint density at radius 1 is 1.08 bits per heavy atom. The van der Waals surface area contributed by atoms with Crippen LogP contribution in [0.2, 0.25) is 0 Å². The van der Waals surface area contributed by atoms with Crippen molar-refractivity contribution in [2.75, 3.05) is 4.90 Å².